The topological polar surface area (TPSA) is 55.2 Å². The summed E-state index contributed by atoms with van der Waals surface area (Å²) in [5.74, 6) is 0.0132. The first kappa shape index (κ1) is 15.3. The number of nitrogens with one attached hydrogen (secondary N) is 1. The van der Waals surface area contributed by atoms with Crippen LogP contribution in [0.3, 0.4) is 0 Å². The van der Waals surface area contributed by atoms with E-state index >= 15 is 0 Å². The number of benzene rings is 2. The lowest BCUT2D eigenvalue weighted by atomic mass is 9.77. The lowest BCUT2D eigenvalue weighted by Crippen LogP contribution is -2.29. The van der Waals surface area contributed by atoms with Gasteiger partial charge in [-0.25, -0.2) is 4.39 Å². The average molecular weight is 389 g/mol. The fourth-order valence-electron chi connectivity index (χ4n) is 3.78. The highest BCUT2D eigenvalue weighted by Gasteiger charge is 2.39. The Kier molecular flexibility index (Phi) is 3.64. The van der Waals surface area contributed by atoms with Crippen molar-refractivity contribution in [3.05, 3.63) is 80.1 Å². The fourth-order valence-corrected chi connectivity index (χ4v) is 4.23. The largest absolute Gasteiger partial charge is 0.375 e. The zero-order valence-electron chi connectivity index (χ0n) is 12.6. The van der Waals surface area contributed by atoms with Crippen LogP contribution in [-0.4, -0.2) is 4.92 Å². The number of rotatable bonds is 2. The summed E-state index contributed by atoms with van der Waals surface area (Å²) in [6.45, 7) is 0. The summed E-state index contributed by atoms with van der Waals surface area (Å²) < 4.78 is 15.2. The van der Waals surface area contributed by atoms with Crippen molar-refractivity contribution in [2.45, 2.75) is 18.4 Å². The molecule has 0 saturated heterocycles. The SMILES string of the molecule is O=[N+]([O-])c1cccc([C@@H]2Nc3c(F)cc(Br)cc3[C@@H]3C=CC[C@H]32)c1. The molecule has 0 saturated carbocycles. The van der Waals surface area contributed by atoms with Gasteiger partial charge in [-0.2, -0.15) is 0 Å². The van der Waals surface area contributed by atoms with Crippen LogP contribution >= 0.6 is 15.9 Å². The summed E-state index contributed by atoms with van der Waals surface area (Å²) in [6.07, 6.45) is 5.08. The Bertz CT molecular complexity index is 868. The number of hydrogen-bond donors (Lipinski definition) is 1. The van der Waals surface area contributed by atoms with Crippen LogP contribution in [0.25, 0.3) is 0 Å². The number of nitro benzene ring substituents is 1. The summed E-state index contributed by atoms with van der Waals surface area (Å²) >= 11 is 3.36. The van der Waals surface area contributed by atoms with E-state index in [-0.39, 0.29) is 29.4 Å². The van der Waals surface area contributed by atoms with E-state index in [1.165, 1.54) is 12.1 Å². The Morgan fingerprint density at radius 2 is 2.12 bits per heavy atom. The van der Waals surface area contributed by atoms with Crippen LogP contribution in [0, 0.1) is 21.8 Å². The quantitative estimate of drug-likeness (QED) is 0.430. The van der Waals surface area contributed by atoms with Crippen LogP contribution in [0.5, 0.6) is 0 Å². The monoisotopic (exact) mass is 388 g/mol. The summed E-state index contributed by atoms with van der Waals surface area (Å²) in [4.78, 5) is 10.7. The van der Waals surface area contributed by atoms with Gasteiger partial charge in [0.1, 0.15) is 5.82 Å². The van der Waals surface area contributed by atoms with Crippen molar-refractivity contribution in [3.63, 3.8) is 0 Å². The Balaban J connectivity index is 1.81. The van der Waals surface area contributed by atoms with Gasteiger partial charge in [-0.1, -0.05) is 40.2 Å². The van der Waals surface area contributed by atoms with Gasteiger partial charge in [0, 0.05) is 22.5 Å². The Hall–Kier alpha value is -2.21. The van der Waals surface area contributed by atoms with Gasteiger partial charge in [-0.15, -0.1) is 0 Å². The lowest BCUT2D eigenvalue weighted by molar-refractivity contribution is -0.384. The molecule has 1 N–H and O–H groups in total. The smallest absolute Gasteiger partial charge is 0.269 e. The molecular weight excluding hydrogens is 375 g/mol. The first-order valence-corrected chi connectivity index (χ1v) is 8.50. The predicted octanol–water partition coefficient (Wildman–Crippen LogP) is 5.32. The first-order valence-electron chi connectivity index (χ1n) is 7.71. The summed E-state index contributed by atoms with van der Waals surface area (Å²) in [5, 5.41) is 14.3. The minimum atomic E-state index is -0.400. The van der Waals surface area contributed by atoms with Crippen molar-refractivity contribution in [1.29, 1.82) is 0 Å². The second-order valence-electron chi connectivity index (χ2n) is 6.18. The van der Waals surface area contributed by atoms with E-state index in [9.17, 15) is 14.5 Å². The van der Waals surface area contributed by atoms with Gasteiger partial charge in [0.15, 0.2) is 0 Å². The third kappa shape index (κ3) is 2.41. The summed E-state index contributed by atoms with van der Waals surface area (Å²) in [5.41, 5.74) is 2.29. The van der Waals surface area contributed by atoms with Crippen molar-refractivity contribution in [2.75, 3.05) is 5.32 Å². The molecule has 0 fully saturated rings. The van der Waals surface area contributed by atoms with Crippen LogP contribution in [0.1, 0.15) is 29.5 Å². The molecule has 1 aliphatic carbocycles. The van der Waals surface area contributed by atoms with Crippen LogP contribution < -0.4 is 5.32 Å². The number of nitrogens with zero attached hydrogens (tertiary/aromatic N) is 1. The van der Waals surface area contributed by atoms with Gasteiger partial charge < -0.3 is 5.32 Å². The van der Waals surface area contributed by atoms with E-state index in [0.717, 1.165) is 17.5 Å². The van der Waals surface area contributed by atoms with Crippen molar-refractivity contribution in [1.82, 2.24) is 0 Å². The number of allylic oxidation sites excluding steroid dienone is 2. The minimum absolute atomic E-state index is 0.0545. The van der Waals surface area contributed by atoms with Gasteiger partial charge in [-0.05, 0) is 35.6 Å². The number of fused-ring (bicyclic) bond motifs is 3. The zero-order chi connectivity index (χ0) is 16.8. The van der Waals surface area contributed by atoms with E-state index in [2.05, 4.69) is 33.4 Å². The van der Waals surface area contributed by atoms with Crippen LogP contribution in [-0.2, 0) is 0 Å². The number of halogens is 2. The zero-order valence-corrected chi connectivity index (χ0v) is 14.2. The average Bonchev–Trinajstić information content (AvgIpc) is 3.04. The fraction of sp³-hybridized carbons (Fsp3) is 0.222. The van der Waals surface area contributed by atoms with Crippen LogP contribution in [0.4, 0.5) is 15.8 Å². The first-order chi connectivity index (χ1) is 11.5. The van der Waals surface area contributed by atoms with Gasteiger partial charge in [0.25, 0.3) is 5.69 Å². The third-order valence-electron chi connectivity index (χ3n) is 4.83. The molecule has 0 amide bonds. The molecule has 1 heterocycles. The molecule has 4 nitrogen and oxygen atoms in total. The normalized spacial score (nSPS) is 24.2. The number of hydrogen-bond acceptors (Lipinski definition) is 3. The third-order valence-corrected chi connectivity index (χ3v) is 5.28. The molecule has 4 rings (SSSR count). The molecule has 0 spiro atoms. The maximum Gasteiger partial charge on any atom is 0.269 e. The van der Waals surface area contributed by atoms with Crippen LogP contribution in [0.2, 0.25) is 0 Å². The Labute approximate surface area is 146 Å². The van der Waals surface area contributed by atoms with Crippen molar-refractivity contribution >= 4 is 27.3 Å². The second-order valence-corrected chi connectivity index (χ2v) is 7.10. The number of nitro groups is 1. The number of anilines is 1. The molecule has 2 aromatic carbocycles. The summed E-state index contributed by atoms with van der Waals surface area (Å²) in [6, 6.07) is 9.82. The molecule has 1 aliphatic heterocycles. The molecule has 2 aliphatic rings. The highest BCUT2D eigenvalue weighted by Crippen LogP contribution is 2.51. The molecule has 2 aromatic rings. The lowest BCUT2D eigenvalue weighted by Gasteiger charge is -2.37. The van der Waals surface area contributed by atoms with E-state index in [0.29, 0.717) is 10.2 Å². The highest BCUT2D eigenvalue weighted by molar-refractivity contribution is 9.10. The second kappa shape index (κ2) is 5.70. The van der Waals surface area contributed by atoms with E-state index in [1.807, 2.05) is 12.1 Å². The summed E-state index contributed by atoms with van der Waals surface area (Å²) in [7, 11) is 0. The highest BCUT2D eigenvalue weighted by atomic mass is 79.9. The van der Waals surface area contributed by atoms with Gasteiger partial charge in [-0.3, -0.25) is 10.1 Å². The van der Waals surface area contributed by atoms with E-state index in [4.69, 9.17) is 0 Å². The standard InChI is InChI=1S/C18H14BrFN2O2/c19-11-8-15-13-5-2-6-14(13)17(21-18(15)16(20)9-11)10-3-1-4-12(7-10)22(23)24/h1-5,7-9,13-14,17,21H,6H2/t13-,14-,17+/m1/s1. The molecule has 6 heteroatoms. The molecular formula is C18H14BrFN2O2. The molecule has 0 bridgehead atoms. The number of non-ortho nitro benzene ring substituents is 1. The van der Waals surface area contributed by atoms with Gasteiger partial charge in [0.05, 0.1) is 16.7 Å². The molecule has 3 atom stereocenters. The maximum atomic E-state index is 14.5. The van der Waals surface area contributed by atoms with Gasteiger partial charge >= 0.3 is 0 Å². The molecule has 0 radical (unpaired) electrons. The van der Waals surface area contributed by atoms with Crippen molar-refractivity contribution < 1.29 is 9.31 Å². The van der Waals surface area contributed by atoms with E-state index < -0.39 is 4.92 Å². The van der Waals surface area contributed by atoms with E-state index in [1.54, 1.807) is 12.1 Å². The minimum Gasteiger partial charge on any atom is -0.375 e. The van der Waals surface area contributed by atoms with Crippen molar-refractivity contribution in [2.24, 2.45) is 5.92 Å². The molecule has 122 valence electrons. The Morgan fingerprint density at radius 3 is 2.92 bits per heavy atom. The van der Waals surface area contributed by atoms with Gasteiger partial charge in [0.2, 0.25) is 0 Å². The molecule has 0 unspecified atom stereocenters. The van der Waals surface area contributed by atoms with Crippen LogP contribution in [0.15, 0.2) is 53.0 Å². The van der Waals surface area contributed by atoms with Crippen molar-refractivity contribution in [3.8, 4) is 0 Å². The molecule has 24 heavy (non-hydrogen) atoms. The molecule has 0 aromatic heterocycles. The Morgan fingerprint density at radius 1 is 1.29 bits per heavy atom. The predicted molar refractivity (Wildman–Crippen MR) is 93.5 cm³/mol. The maximum absolute atomic E-state index is 14.5.